The fourth-order valence-electron chi connectivity index (χ4n) is 13.1. The van der Waals surface area contributed by atoms with E-state index in [9.17, 15) is 43.2 Å². The Morgan fingerprint density at radius 2 is 0.447 bits per heavy atom. The van der Waals surface area contributed by atoms with Gasteiger partial charge in [-0.3, -0.25) is 37.3 Å². The summed E-state index contributed by atoms with van der Waals surface area (Å²) in [7, 11) is -9.92. The summed E-state index contributed by atoms with van der Waals surface area (Å²) in [5.41, 5.74) is 0. The highest BCUT2D eigenvalue weighted by Gasteiger charge is 2.30. The molecule has 0 aliphatic rings. The molecule has 0 aromatic heterocycles. The largest absolute Gasteiger partial charge is 0.472 e. The second-order valence-corrected chi connectivity index (χ2v) is 33.6. The molecule has 0 aliphatic heterocycles. The minimum absolute atomic E-state index is 0.106. The zero-order chi connectivity index (χ0) is 75.5. The highest BCUT2D eigenvalue weighted by molar-refractivity contribution is 7.47. The molecule has 0 spiro atoms. The summed E-state index contributed by atoms with van der Waals surface area (Å²) in [6.07, 6.45) is 69.5. The van der Waals surface area contributed by atoms with Crippen molar-refractivity contribution in [1.82, 2.24) is 0 Å². The predicted octanol–water partition coefficient (Wildman–Crippen LogP) is 25.6. The third kappa shape index (κ3) is 78.0. The monoisotopic (exact) mass is 1510 g/mol. The lowest BCUT2D eigenvalue weighted by Gasteiger charge is -2.21. The molecule has 17 nitrogen and oxygen atoms in total. The van der Waals surface area contributed by atoms with Crippen molar-refractivity contribution in [3.63, 3.8) is 0 Å². The summed E-state index contributed by atoms with van der Waals surface area (Å²) in [5, 5.41) is 10.7. The molecule has 0 saturated carbocycles. The number of phosphoric acid groups is 2. The summed E-state index contributed by atoms with van der Waals surface area (Å²) in [6.45, 7) is 7.32. The van der Waals surface area contributed by atoms with Gasteiger partial charge in [0.05, 0.1) is 26.4 Å². The number of unbranched alkanes of at least 4 members (excludes halogenated alkanes) is 56. The average Bonchev–Trinajstić information content (AvgIpc) is 0.918. The Kier molecular flexibility index (Phi) is 75.4. The first kappa shape index (κ1) is 101. The minimum atomic E-state index is -4.96. The van der Waals surface area contributed by atoms with Gasteiger partial charge in [-0.1, -0.05) is 401 Å². The number of hydrogen-bond acceptors (Lipinski definition) is 15. The molecule has 19 heteroatoms. The van der Waals surface area contributed by atoms with Crippen molar-refractivity contribution in [1.29, 1.82) is 0 Å². The van der Waals surface area contributed by atoms with Gasteiger partial charge in [0, 0.05) is 25.7 Å². The number of aliphatic hydroxyl groups is 1. The van der Waals surface area contributed by atoms with Crippen molar-refractivity contribution in [3.8, 4) is 0 Å². The minimum Gasteiger partial charge on any atom is -0.462 e. The van der Waals surface area contributed by atoms with E-state index in [0.717, 1.165) is 95.8 Å². The number of carbonyl (C=O) groups excluding carboxylic acids is 4. The fraction of sp³-hybridized carbons (Fsp3) is 0.952. The summed E-state index contributed by atoms with van der Waals surface area (Å²) < 4.78 is 68.8. The van der Waals surface area contributed by atoms with Gasteiger partial charge in [-0.25, -0.2) is 9.13 Å². The lowest BCUT2D eigenvalue weighted by molar-refractivity contribution is -0.161. The first-order valence-corrected chi connectivity index (χ1v) is 46.6. The van der Waals surface area contributed by atoms with Gasteiger partial charge in [-0.15, -0.1) is 0 Å². The lowest BCUT2D eigenvalue weighted by Crippen LogP contribution is -2.30. The molecule has 0 heterocycles. The van der Waals surface area contributed by atoms with Crippen LogP contribution in [0.5, 0.6) is 0 Å². The van der Waals surface area contributed by atoms with Crippen LogP contribution >= 0.6 is 15.6 Å². The van der Waals surface area contributed by atoms with Gasteiger partial charge in [0.15, 0.2) is 12.2 Å². The molecule has 0 amide bonds. The van der Waals surface area contributed by atoms with Gasteiger partial charge in [-0.05, 0) is 31.6 Å². The first-order chi connectivity index (χ1) is 50.0. The topological polar surface area (TPSA) is 237 Å². The van der Waals surface area contributed by atoms with Crippen molar-refractivity contribution in [2.75, 3.05) is 39.6 Å². The molecular weight excluding hydrogens is 1340 g/mol. The average molecular weight is 1510 g/mol. The molecule has 0 aromatic carbocycles. The Bertz CT molecular complexity index is 1960. The van der Waals surface area contributed by atoms with Gasteiger partial charge in [0.2, 0.25) is 0 Å². The van der Waals surface area contributed by atoms with E-state index in [0.29, 0.717) is 25.7 Å². The Labute approximate surface area is 632 Å². The van der Waals surface area contributed by atoms with Crippen LogP contribution in [-0.2, 0) is 65.4 Å². The van der Waals surface area contributed by atoms with Crippen molar-refractivity contribution >= 4 is 39.5 Å². The van der Waals surface area contributed by atoms with E-state index in [1.165, 1.54) is 276 Å². The molecule has 612 valence electrons. The quantitative estimate of drug-likeness (QED) is 0.0222. The summed E-state index contributed by atoms with van der Waals surface area (Å²) >= 11 is 0. The van der Waals surface area contributed by atoms with E-state index in [2.05, 4.69) is 34.6 Å². The standard InChI is InChI=1S/C84H164O17P2/c1-6-9-12-15-18-21-24-27-29-31-33-34-35-37-39-41-44-49-54-59-64-69-83(88)100-79(73-95-82(87)68-63-58-53-48-43-40-38-36-32-30-28-25-22-19-16-13-10-7-2)75-98-102(90,91)96-71-78(85)72-97-103(92,93)99-76-80(101-84(89)70-65-60-55-50-45-46-51-56-61-66-77(4)5)74-94-81(86)67-62-57-52-47-42-26-23-20-17-14-11-8-3/h77-80,85H,6-76H2,1-5H3,(H,90,91)(H,92,93)/t78-,79-,80-/m1/s1. The summed E-state index contributed by atoms with van der Waals surface area (Å²) in [4.78, 5) is 73.1. The molecule has 0 saturated heterocycles. The Morgan fingerprint density at radius 1 is 0.262 bits per heavy atom. The molecule has 0 fully saturated rings. The lowest BCUT2D eigenvalue weighted by atomic mass is 10.0. The van der Waals surface area contributed by atoms with Gasteiger partial charge >= 0.3 is 39.5 Å². The van der Waals surface area contributed by atoms with Gasteiger partial charge in [0.1, 0.15) is 19.3 Å². The Hall–Kier alpha value is -1.94. The van der Waals surface area contributed by atoms with E-state index in [-0.39, 0.29) is 25.7 Å². The van der Waals surface area contributed by atoms with Gasteiger partial charge < -0.3 is 33.8 Å². The SMILES string of the molecule is CCCCCCCCCCCCCCCCCCCCCCCC(=O)O[C@H](COC(=O)CCCCCCCCCCCCCCCCCCCC)COP(=O)(O)OC[C@@H](O)COP(=O)(O)OC[C@@H](COC(=O)CCCCCCCCCCCCCC)OC(=O)CCCCCCCCCCCC(C)C. The number of esters is 4. The van der Waals surface area contributed by atoms with Crippen molar-refractivity contribution in [2.45, 2.75) is 470 Å². The number of hydrogen-bond donors (Lipinski definition) is 3. The highest BCUT2D eigenvalue weighted by atomic mass is 31.2. The Morgan fingerprint density at radius 3 is 0.660 bits per heavy atom. The molecule has 103 heavy (non-hydrogen) atoms. The van der Waals surface area contributed by atoms with E-state index in [4.69, 9.17) is 37.0 Å². The molecule has 0 bridgehead atoms. The Balaban J connectivity index is 5.22. The number of rotatable bonds is 84. The highest BCUT2D eigenvalue weighted by Crippen LogP contribution is 2.45. The van der Waals surface area contributed by atoms with Crippen molar-refractivity contribution in [3.05, 3.63) is 0 Å². The molecule has 0 aliphatic carbocycles. The van der Waals surface area contributed by atoms with E-state index in [1.807, 2.05) is 0 Å². The van der Waals surface area contributed by atoms with Crippen LogP contribution < -0.4 is 0 Å². The van der Waals surface area contributed by atoms with E-state index >= 15 is 0 Å². The smallest absolute Gasteiger partial charge is 0.462 e. The van der Waals surface area contributed by atoms with Crippen LogP contribution in [-0.4, -0.2) is 96.7 Å². The maximum Gasteiger partial charge on any atom is 0.472 e. The molecule has 0 radical (unpaired) electrons. The zero-order valence-corrected chi connectivity index (χ0v) is 69.3. The van der Waals surface area contributed by atoms with Crippen LogP contribution in [0.1, 0.15) is 452 Å². The van der Waals surface area contributed by atoms with Crippen molar-refractivity contribution < 1.29 is 80.2 Å². The molecular formula is C84H164O17P2. The normalized spacial score (nSPS) is 13.8. The summed E-state index contributed by atoms with van der Waals surface area (Å²) in [5.74, 6) is -1.37. The van der Waals surface area contributed by atoms with E-state index in [1.54, 1.807) is 0 Å². The second-order valence-electron chi connectivity index (χ2n) is 30.7. The summed E-state index contributed by atoms with van der Waals surface area (Å²) in [6, 6.07) is 0. The molecule has 0 aromatic rings. The molecule has 2 unspecified atom stereocenters. The number of phosphoric ester groups is 2. The molecule has 3 N–H and O–H groups in total. The second kappa shape index (κ2) is 76.8. The van der Waals surface area contributed by atoms with E-state index < -0.39 is 97.5 Å². The number of carbonyl (C=O) groups is 4. The molecule has 5 atom stereocenters. The van der Waals surface area contributed by atoms with Crippen LogP contribution in [0.15, 0.2) is 0 Å². The van der Waals surface area contributed by atoms with Gasteiger partial charge in [-0.2, -0.15) is 0 Å². The third-order valence-corrected chi connectivity index (χ3v) is 21.7. The van der Waals surface area contributed by atoms with Crippen LogP contribution in [0.3, 0.4) is 0 Å². The number of ether oxygens (including phenoxy) is 4. The van der Waals surface area contributed by atoms with Crippen LogP contribution in [0.4, 0.5) is 0 Å². The third-order valence-electron chi connectivity index (χ3n) is 19.8. The fourth-order valence-corrected chi connectivity index (χ4v) is 14.7. The molecule has 0 rings (SSSR count). The van der Waals surface area contributed by atoms with Crippen LogP contribution in [0.2, 0.25) is 0 Å². The maximum absolute atomic E-state index is 13.1. The first-order valence-electron chi connectivity index (χ1n) is 43.6. The zero-order valence-electron chi connectivity index (χ0n) is 67.5. The van der Waals surface area contributed by atoms with Crippen LogP contribution in [0.25, 0.3) is 0 Å². The van der Waals surface area contributed by atoms with Crippen molar-refractivity contribution in [2.24, 2.45) is 5.92 Å². The van der Waals surface area contributed by atoms with Gasteiger partial charge in [0.25, 0.3) is 0 Å². The predicted molar refractivity (Wildman–Crippen MR) is 423 cm³/mol. The maximum atomic E-state index is 13.1. The number of aliphatic hydroxyl groups excluding tert-OH is 1. The van der Waals surface area contributed by atoms with Crippen LogP contribution in [0, 0.1) is 5.92 Å².